The van der Waals surface area contributed by atoms with Gasteiger partial charge < -0.3 is 9.80 Å². The number of benzene rings is 1. The fourth-order valence-corrected chi connectivity index (χ4v) is 3.84. The first-order valence-electron chi connectivity index (χ1n) is 8.75. The van der Waals surface area contributed by atoms with Crippen LogP contribution in [0.15, 0.2) is 30.3 Å². The van der Waals surface area contributed by atoms with Crippen LogP contribution in [0.2, 0.25) is 0 Å². The van der Waals surface area contributed by atoms with Gasteiger partial charge in [0.1, 0.15) is 0 Å². The molecule has 2 aliphatic carbocycles. The molecule has 23 heavy (non-hydrogen) atoms. The Balaban J connectivity index is 1.39. The molecule has 3 fully saturated rings. The Morgan fingerprint density at radius 3 is 2.09 bits per heavy atom. The number of hydrogen-bond donors (Lipinski definition) is 0. The number of nitrogens with zero attached hydrogens (tertiary/aromatic N) is 2. The number of piperazine rings is 1. The van der Waals surface area contributed by atoms with Crippen molar-refractivity contribution in [3.05, 3.63) is 35.9 Å². The van der Waals surface area contributed by atoms with Gasteiger partial charge in [0.15, 0.2) is 0 Å². The number of amides is 2. The summed E-state index contributed by atoms with van der Waals surface area (Å²) in [6.07, 6.45) is 2.94. The van der Waals surface area contributed by atoms with E-state index in [0.717, 1.165) is 24.8 Å². The van der Waals surface area contributed by atoms with Gasteiger partial charge in [-0.1, -0.05) is 37.3 Å². The van der Waals surface area contributed by atoms with E-state index in [4.69, 9.17) is 0 Å². The maximum Gasteiger partial charge on any atom is 0.233 e. The standard InChI is InChI=1S/C19H24N2O2/c1-14-13-16(14)17(22)20-9-11-21(12-10-20)18(23)19(7-8-19)15-5-3-2-4-6-15/h2-6,14,16H,7-13H2,1H3/t14-,16-/m1/s1. The second-order valence-corrected chi connectivity index (χ2v) is 7.39. The van der Waals surface area contributed by atoms with Crippen molar-refractivity contribution in [3.63, 3.8) is 0 Å². The lowest BCUT2D eigenvalue weighted by molar-refractivity contribution is -0.141. The third-order valence-electron chi connectivity index (χ3n) is 5.79. The molecule has 1 aromatic carbocycles. The van der Waals surface area contributed by atoms with Gasteiger partial charge in [-0.25, -0.2) is 0 Å². The van der Waals surface area contributed by atoms with Gasteiger partial charge in [0, 0.05) is 32.1 Å². The van der Waals surface area contributed by atoms with E-state index in [9.17, 15) is 9.59 Å². The number of carbonyl (C=O) groups is 2. The summed E-state index contributed by atoms with van der Waals surface area (Å²) in [5.41, 5.74) is 0.869. The number of hydrogen-bond acceptors (Lipinski definition) is 2. The molecule has 0 spiro atoms. The zero-order chi connectivity index (χ0) is 16.0. The second-order valence-electron chi connectivity index (χ2n) is 7.39. The Hall–Kier alpha value is -1.84. The van der Waals surface area contributed by atoms with E-state index >= 15 is 0 Å². The van der Waals surface area contributed by atoms with Crippen LogP contribution in [0.4, 0.5) is 0 Å². The first-order valence-corrected chi connectivity index (χ1v) is 8.75. The summed E-state index contributed by atoms with van der Waals surface area (Å²) in [6, 6.07) is 10.2. The van der Waals surface area contributed by atoms with Crippen molar-refractivity contribution in [3.8, 4) is 0 Å². The van der Waals surface area contributed by atoms with Crippen LogP contribution in [0.3, 0.4) is 0 Å². The predicted octanol–water partition coefficient (Wildman–Crippen LogP) is 2.04. The van der Waals surface area contributed by atoms with Crippen molar-refractivity contribution in [1.82, 2.24) is 9.80 Å². The topological polar surface area (TPSA) is 40.6 Å². The number of carbonyl (C=O) groups excluding carboxylic acids is 2. The molecular formula is C19H24N2O2. The summed E-state index contributed by atoms with van der Waals surface area (Å²) in [5, 5.41) is 0. The molecule has 2 saturated carbocycles. The summed E-state index contributed by atoms with van der Waals surface area (Å²) in [5.74, 6) is 1.36. The van der Waals surface area contributed by atoms with Crippen LogP contribution in [0.1, 0.15) is 31.7 Å². The molecule has 0 aromatic heterocycles. The Bertz CT molecular complexity index is 616. The predicted molar refractivity (Wildman–Crippen MR) is 87.8 cm³/mol. The first-order chi connectivity index (χ1) is 11.1. The van der Waals surface area contributed by atoms with Gasteiger partial charge in [-0.2, -0.15) is 0 Å². The molecule has 1 heterocycles. The van der Waals surface area contributed by atoms with E-state index in [0.29, 0.717) is 38.0 Å². The van der Waals surface area contributed by atoms with Crippen molar-refractivity contribution < 1.29 is 9.59 Å². The van der Waals surface area contributed by atoms with Gasteiger partial charge in [0.05, 0.1) is 5.41 Å². The van der Waals surface area contributed by atoms with Crippen LogP contribution in [0, 0.1) is 11.8 Å². The highest BCUT2D eigenvalue weighted by Crippen LogP contribution is 2.49. The smallest absolute Gasteiger partial charge is 0.233 e. The zero-order valence-corrected chi connectivity index (χ0v) is 13.7. The SMILES string of the molecule is C[C@@H]1C[C@H]1C(=O)N1CCN(C(=O)C2(c3ccccc3)CC2)CC1. The summed E-state index contributed by atoms with van der Waals surface area (Å²) < 4.78 is 0. The molecule has 1 aromatic rings. The molecule has 0 radical (unpaired) electrons. The molecule has 122 valence electrons. The third-order valence-corrected chi connectivity index (χ3v) is 5.79. The zero-order valence-electron chi connectivity index (χ0n) is 13.7. The van der Waals surface area contributed by atoms with Gasteiger partial charge >= 0.3 is 0 Å². The molecule has 0 bridgehead atoms. The van der Waals surface area contributed by atoms with Crippen molar-refractivity contribution in [2.45, 2.75) is 31.6 Å². The molecule has 4 rings (SSSR count). The fraction of sp³-hybridized carbons (Fsp3) is 0.579. The summed E-state index contributed by atoms with van der Waals surface area (Å²) >= 11 is 0. The summed E-state index contributed by atoms with van der Waals surface area (Å²) in [6.45, 7) is 4.89. The van der Waals surface area contributed by atoms with Gasteiger partial charge in [-0.3, -0.25) is 9.59 Å². The Labute approximate surface area is 137 Å². The molecule has 1 aliphatic heterocycles. The van der Waals surface area contributed by atoms with E-state index in [1.807, 2.05) is 28.0 Å². The molecular weight excluding hydrogens is 288 g/mol. The average Bonchev–Trinajstić information content (AvgIpc) is 3.51. The fourth-order valence-electron chi connectivity index (χ4n) is 3.84. The molecule has 3 aliphatic rings. The van der Waals surface area contributed by atoms with Crippen molar-refractivity contribution in [1.29, 1.82) is 0 Å². The van der Waals surface area contributed by atoms with Gasteiger partial charge in [0.2, 0.25) is 11.8 Å². The highest BCUT2D eigenvalue weighted by Gasteiger charge is 2.53. The maximum atomic E-state index is 13.0. The van der Waals surface area contributed by atoms with E-state index in [1.165, 1.54) is 0 Å². The van der Waals surface area contributed by atoms with Crippen LogP contribution in [0.25, 0.3) is 0 Å². The van der Waals surface area contributed by atoms with E-state index in [-0.39, 0.29) is 17.2 Å². The summed E-state index contributed by atoms with van der Waals surface area (Å²) in [4.78, 5) is 29.2. The normalized spacial score (nSPS) is 28.4. The lowest BCUT2D eigenvalue weighted by atomic mass is 9.94. The molecule has 4 nitrogen and oxygen atoms in total. The highest BCUT2D eigenvalue weighted by molar-refractivity contribution is 5.91. The minimum Gasteiger partial charge on any atom is -0.339 e. The van der Waals surface area contributed by atoms with Crippen molar-refractivity contribution in [2.24, 2.45) is 11.8 Å². The average molecular weight is 312 g/mol. The lowest BCUT2D eigenvalue weighted by Crippen LogP contribution is -2.53. The molecule has 0 N–H and O–H groups in total. The minimum absolute atomic E-state index is 0.247. The van der Waals surface area contributed by atoms with E-state index < -0.39 is 0 Å². The molecule has 2 atom stereocenters. The quantitative estimate of drug-likeness (QED) is 0.857. The summed E-state index contributed by atoms with van der Waals surface area (Å²) in [7, 11) is 0. The van der Waals surface area contributed by atoms with Gasteiger partial charge in [-0.15, -0.1) is 0 Å². The lowest BCUT2D eigenvalue weighted by Gasteiger charge is -2.37. The second kappa shape index (κ2) is 5.36. The van der Waals surface area contributed by atoms with Crippen LogP contribution < -0.4 is 0 Å². The Kier molecular flexibility index (Phi) is 3.43. The highest BCUT2D eigenvalue weighted by atomic mass is 16.2. The Morgan fingerprint density at radius 2 is 1.57 bits per heavy atom. The Morgan fingerprint density at radius 1 is 1.00 bits per heavy atom. The van der Waals surface area contributed by atoms with Crippen molar-refractivity contribution >= 4 is 11.8 Å². The number of rotatable bonds is 3. The van der Waals surface area contributed by atoms with Crippen molar-refractivity contribution in [2.75, 3.05) is 26.2 Å². The van der Waals surface area contributed by atoms with Crippen LogP contribution >= 0.6 is 0 Å². The van der Waals surface area contributed by atoms with Crippen LogP contribution in [0.5, 0.6) is 0 Å². The third kappa shape index (κ3) is 2.54. The van der Waals surface area contributed by atoms with Gasteiger partial charge in [-0.05, 0) is 30.7 Å². The van der Waals surface area contributed by atoms with Crippen LogP contribution in [-0.4, -0.2) is 47.8 Å². The molecule has 1 saturated heterocycles. The minimum atomic E-state index is -0.279. The van der Waals surface area contributed by atoms with E-state index in [2.05, 4.69) is 19.1 Å². The largest absolute Gasteiger partial charge is 0.339 e. The van der Waals surface area contributed by atoms with Crippen LogP contribution in [-0.2, 0) is 15.0 Å². The monoisotopic (exact) mass is 312 g/mol. The first kappa shape index (κ1) is 14.7. The molecule has 2 amide bonds. The maximum absolute atomic E-state index is 13.0. The molecule has 0 unspecified atom stereocenters. The van der Waals surface area contributed by atoms with E-state index in [1.54, 1.807) is 0 Å². The molecule has 4 heteroatoms. The van der Waals surface area contributed by atoms with Gasteiger partial charge in [0.25, 0.3) is 0 Å².